The van der Waals surface area contributed by atoms with E-state index in [1.54, 1.807) is 6.08 Å². The number of allylic oxidation sites excluding steroid dienone is 5. The average Bonchev–Trinajstić information content (AvgIpc) is 2.53. The quantitative estimate of drug-likeness (QED) is 0.619. The molecule has 0 aromatic heterocycles. The fourth-order valence-corrected chi connectivity index (χ4v) is 1.94. The standard InChI is InChI=1S/C20H18/c1-3-17(2)20(19-14-8-5-9-15-19)16-10-13-18-11-6-4-7-12-18/h3-16H,1-2H2. The van der Waals surface area contributed by atoms with E-state index >= 15 is 0 Å². The van der Waals surface area contributed by atoms with Gasteiger partial charge >= 0.3 is 0 Å². The normalized spacial score (nSPS) is 11.5. The third-order valence-corrected chi connectivity index (χ3v) is 3.03. The summed E-state index contributed by atoms with van der Waals surface area (Å²) in [7, 11) is 0. The molecule has 0 nitrogen and oxygen atoms in total. The highest BCUT2D eigenvalue weighted by atomic mass is 14.1. The van der Waals surface area contributed by atoms with E-state index in [0.29, 0.717) is 0 Å². The van der Waals surface area contributed by atoms with Crippen LogP contribution in [0.5, 0.6) is 0 Å². The minimum atomic E-state index is 0.925. The van der Waals surface area contributed by atoms with Crippen LogP contribution in [0.15, 0.2) is 97.6 Å². The topological polar surface area (TPSA) is 0 Å². The van der Waals surface area contributed by atoms with Crippen LogP contribution in [-0.4, -0.2) is 0 Å². The minimum Gasteiger partial charge on any atom is -0.0985 e. The molecule has 0 heteroatoms. The predicted octanol–water partition coefficient (Wildman–Crippen LogP) is 5.53. The Labute approximate surface area is 121 Å². The van der Waals surface area contributed by atoms with Gasteiger partial charge in [-0.2, -0.15) is 0 Å². The molecule has 0 aliphatic heterocycles. The Kier molecular flexibility index (Phi) is 4.91. The van der Waals surface area contributed by atoms with Crippen LogP contribution >= 0.6 is 0 Å². The second-order valence-electron chi connectivity index (χ2n) is 4.45. The molecule has 0 saturated carbocycles. The van der Waals surface area contributed by atoms with Gasteiger partial charge in [0, 0.05) is 0 Å². The maximum absolute atomic E-state index is 4.06. The monoisotopic (exact) mass is 258 g/mol. The predicted molar refractivity (Wildman–Crippen MR) is 89.2 cm³/mol. The maximum Gasteiger partial charge on any atom is -0.0118 e. The first-order valence-electron chi connectivity index (χ1n) is 6.62. The molecule has 0 bridgehead atoms. The highest BCUT2D eigenvalue weighted by Crippen LogP contribution is 2.22. The van der Waals surface area contributed by atoms with Crippen molar-refractivity contribution in [2.75, 3.05) is 0 Å². The Bertz CT molecular complexity index is 628. The summed E-state index contributed by atoms with van der Waals surface area (Å²) in [5.41, 5.74) is 4.34. The number of hydrogen-bond acceptors (Lipinski definition) is 0. The van der Waals surface area contributed by atoms with Crippen LogP contribution in [0.4, 0.5) is 0 Å². The van der Waals surface area contributed by atoms with E-state index in [-0.39, 0.29) is 0 Å². The van der Waals surface area contributed by atoms with E-state index in [9.17, 15) is 0 Å². The van der Waals surface area contributed by atoms with Crippen molar-refractivity contribution in [2.45, 2.75) is 0 Å². The van der Waals surface area contributed by atoms with Crippen molar-refractivity contribution in [3.63, 3.8) is 0 Å². The van der Waals surface area contributed by atoms with Gasteiger partial charge in [-0.25, -0.2) is 0 Å². The third-order valence-electron chi connectivity index (χ3n) is 3.03. The van der Waals surface area contributed by atoms with Crippen molar-refractivity contribution in [3.05, 3.63) is 109 Å². The van der Waals surface area contributed by atoms with Crippen LogP contribution in [0.3, 0.4) is 0 Å². The summed E-state index contributed by atoms with van der Waals surface area (Å²) in [4.78, 5) is 0. The van der Waals surface area contributed by atoms with Crippen LogP contribution < -0.4 is 0 Å². The Morgan fingerprint density at radius 1 is 0.850 bits per heavy atom. The smallest absolute Gasteiger partial charge is 0.0118 e. The average molecular weight is 258 g/mol. The summed E-state index contributed by atoms with van der Waals surface area (Å²) in [6.07, 6.45) is 7.99. The van der Waals surface area contributed by atoms with E-state index in [1.807, 2.05) is 42.5 Å². The number of rotatable bonds is 5. The fourth-order valence-electron chi connectivity index (χ4n) is 1.94. The van der Waals surface area contributed by atoms with Gasteiger partial charge in [0.1, 0.15) is 0 Å². The third kappa shape index (κ3) is 3.69. The lowest BCUT2D eigenvalue weighted by molar-refractivity contribution is 1.59. The molecule has 0 aliphatic rings. The lowest BCUT2D eigenvalue weighted by atomic mass is 9.98. The molecule has 0 amide bonds. The molecular weight excluding hydrogens is 240 g/mol. The van der Waals surface area contributed by atoms with Gasteiger partial charge in [0.2, 0.25) is 0 Å². The van der Waals surface area contributed by atoms with E-state index in [0.717, 1.165) is 16.7 Å². The lowest BCUT2D eigenvalue weighted by Crippen LogP contribution is -1.85. The van der Waals surface area contributed by atoms with Crippen LogP contribution in [0.2, 0.25) is 0 Å². The first-order chi connectivity index (χ1) is 9.81. The van der Waals surface area contributed by atoms with Gasteiger partial charge in [0.05, 0.1) is 0 Å². The summed E-state index contributed by atoms with van der Waals surface area (Å²) in [6, 6.07) is 20.5. The van der Waals surface area contributed by atoms with Crippen molar-refractivity contribution in [2.24, 2.45) is 0 Å². The Morgan fingerprint density at radius 3 is 2.05 bits per heavy atom. The summed E-state index contributed by atoms with van der Waals surface area (Å²) in [6.45, 7) is 7.86. The van der Waals surface area contributed by atoms with Gasteiger partial charge in [-0.05, 0) is 22.3 Å². The van der Waals surface area contributed by atoms with Crippen LogP contribution in [0, 0.1) is 0 Å². The largest absolute Gasteiger partial charge is 0.0985 e. The molecule has 0 atom stereocenters. The highest BCUT2D eigenvalue weighted by Gasteiger charge is 2.01. The molecule has 0 radical (unpaired) electrons. The summed E-state index contributed by atoms with van der Waals surface area (Å²) >= 11 is 0. The summed E-state index contributed by atoms with van der Waals surface area (Å²) < 4.78 is 0. The lowest BCUT2D eigenvalue weighted by Gasteiger charge is -2.06. The van der Waals surface area contributed by atoms with Crippen LogP contribution in [0.25, 0.3) is 11.6 Å². The molecule has 2 rings (SSSR count). The van der Waals surface area contributed by atoms with Gasteiger partial charge in [-0.1, -0.05) is 98.1 Å². The van der Waals surface area contributed by atoms with E-state index in [2.05, 4.69) is 49.6 Å². The first-order valence-corrected chi connectivity index (χ1v) is 6.62. The van der Waals surface area contributed by atoms with Gasteiger partial charge in [-0.15, -0.1) is 0 Å². The van der Waals surface area contributed by atoms with Crippen LogP contribution in [0.1, 0.15) is 11.1 Å². The molecule has 20 heavy (non-hydrogen) atoms. The van der Waals surface area contributed by atoms with E-state index in [4.69, 9.17) is 0 Å². The van der Waals surface area contributed by atoms with Gasteiger partial charge in [0.15, 0.2) is 0 Å². The Morgan fingerprint density at radius 2 is 1.45 bits per heavy atom. The second-order valence-corrected chi connectivity index (χ2v) is 4.45. The molecule has 0 saturated heterocycles. The number of hydrogen-bond donors (Lipinski definition) is 0. The first kappa shape index (κ1) is 13.8. The number of benzene rings is 2. The molecule has 2 aromatic carbocycles. The molecule has 0 heterocycles. The van der Waals surface area contributed by atoms with Gasteiger partial charge < -0.3 is 0 Å². The van der Waals surface area contributed by atoms with E-state index < -0.39 is 0 Å². The SMILES string of the molecule is C=CC(=C)C(=CC=Cc1ccccc1)c1ccccc1. The zero-order valence-electron chi connectivity index (χ0n) is 11.5. The van der Waals surface area contributed by atoms with Crippen LogP contribution in [-0.2, 0) is 0 Å². The van der Waals surface area contributed by atoms with Gasteiger partial charge in [0.25, 0.3) is 0 Å². The molecule has 0 aliphatic carbocycles. The van der Waals surface area contributed by atoms with Crippen molar-refractivity contribution >= 4 is 11.6 Å². The maximum atomic E-state index is 4.06. The zero-order valence-corrected chi connectivity index (χ0v) is 11.5. The summed E-state index contributed by atoms with van der Waals surface area (Å²) in [5.74, 6) is 0. The van der Waals surface area contributed by atoms with Gasteiger partial charge in [-0.3, -0.25) is 0 Å². The van der Waals surface area contributed by atoms with Crippen molar-refractivity contribution in [3.8, 4) is 0 Å². The second kappa shape index (κ2) is 7.10. The molecule has 0 N–H and O–H groups in total. The molecule has 0 spiro atoms. The van der Waals surface area contributed by atoms with Crippen molar-refractivity contribution in [1.82, 2.24) is 0 Å². The molecular formula is C20H18. The molecule has 98 valence electrons. The van der Waals surface area contributed by atoms with Crippen molar-refractivity contribution in [1.29, 1.82) is 0 Å². The Balaban J connectivity index is 2.28. The highest BCUT2D eigenvalue weighted by molar-refractivity contribution is 5.82. The zero-order chi connectivity index (χ0) is 14.2. The van der Waals surface area contributed by atoms with E-state index in [1.165, 1.54) is 5.56 Å². The van der Waals surface area contributed by atoms with Crippen molar-refractivity contribution < 1.29 is 0 Å². The molecule has 0 fully saturated rings. The Hall–Kier alpha value is -2.60. The fraction of sp³-hybridized carbons (Fsp3) is 0. The molecule has 2 aromatic rings. The molecule has 0 unspecified atom stereocenters. The summed E-state index contributed by atoms with van der Waals surface area (Å²) in [5, 5.41) is 0. The minimum absolute atomic E-state index is 0.925.